The number of nitrogens with zero attached hydrogens (tertiary/aromatic N) is 1. The molecular formula is C8H16N-. The second kappa shape index (κ2) is 3.89. The van der Waals surface area contributed by atoms with E-state index < -0.39 is 0 Å². The van der Waals surface area contributed by atoms with Gasteiger partial charge in [-0.15, -0.1) is 0 Å². The highest BCUT2D eigenvalue weighted by atomic mass is 15.1. The molecule has 1 fully saturated rings. The van der Waals surface area contributed by atoms with Gasteiger partial charge >= 0.3 is 0 Å². The molecule has 1 aliphatic rings. The van der Waals surface area contributed by atoms with Crippen LogP contribution in [0, 0.1) is 6.92 Å². The summed E-state index contributed by atoms with van der Waals surface area (Å²) in [7, 11) is 0. The molecule has 0 spiro atoms. The van der Waals surface area contributed by atoms with Gasteiger partial charge in [0.25, 0.3) is 0 Å². The van der Waals surface area contributed by atoms with E-state index in [2.05, 4.69) is 11.8 Å². The van der Waals surface area contributed by atoms with Crippen molar-refractivity contribution in [3.8, 4) is 0 Å². The molecule has 1 heteroatoms. The van der Waals surface area contributed by atoms with Crippen molar-refractivity contribution in [2.75, 3.05) is 19.6 Å². The van der Waals surface area contributed by atoms with E-state index in [9.17, 15) is 0 Å². The van der Waals surface area contributed by atoms with Crippen molar-refractivity contribution < 1.29 is 0 Å². The van der Waals surface area contributed by atoms with Crippen LogP contribution in [0.2, 0.25) is 0 Å². The summed E-state index contributed by atoms with van der Waals surface area (Å²) < 4.78 is 0. The van der Waals surface area contributed by atoms with Gasteiger partial charge in [0.1, 0.15) is 0 Å². The highest BCUT2D eigenvalue weighted by Crippen LogP contribution is 2.07. The molecule has 1 rings (SSSR count). The Morgan fingerprint density at radius 3 is 2.44 bits per heavy atom. The van der Waals surface area contributed by atoms with Crippen LogP contribution >= 0.6 is 0 Å². The first-order valence-corrected chi connectivity index (χ1v) is 3.95. The quantitative estimate of drug-likeness (QED) is 0.520. The molecule has 1 nitrogen and oxygen atoms in total. The Labute approximate surface area is 58.0 Å². The average molecular weight is 126 g/mol. The van der Waals surface area contributed by atoms with Crippen molar-refractivity contribution in [2.24, 2.45) is 0 Å². The number of hydrogen-bond donors (Lipinski definition) is 0. The lowest BCUT2D eigenvalue weighted by molar-refractivity contribution is 0.335. The number of hydrogen-bond acceptors (Lipinski definition) is 1. The van der Waals surface area contributed by atoms with Crippen molar-refractivity contribution in [2.45, 2.75) is 25.7 Å². The molecule has 0 atom stereocenters. The van der Waals surface area contributed by atoms with E-state index in [1.165, 1.54) is 38.9 Å². The number of likely N-dealkylation sites (tertiary alicyclic amines) is 1. The van der Waals surface area contributed by atoms with E-state index in [4.69, 9.17) is 0 Å². The van der Waals surface area contributed by atoms with Crippen molar-refractivity contribution >= 4 is 0 Å². The predicted molar refractivity (Wildman–Crippen MR) is 40.3 cm³/mol. The van der Waals surface area contributed by atoms with E-state index in [-0.39, 0.29) is 0 Å². The Hall–Kier alpha value is -0.0400. The highest BCUT2D eigenvalue weighted by Gasteiger charge is 2.08. The van der Waals surface area contributed by atoms with Crippen LogP contribution in [0.5, 0.6) is 0 Å². The summed E-state index contributed by atoms with van der Waals surface area (Å²) in [5.41, 5.74) is 0. The van der Waals surface area contributed by atoms with Crippen molar-refractivity contribution in [1.82, 2.24) is 4.90 Å². The maximum absolute atomic E-state index is 3.82. The van der Waals surface area contributed by atoms with E-state index >= 15 is 0 Å². The molecule has 0 saturated carbocycles. The molecule has 1 saturated heterocycles. The van der Waals surface area contributed by atoms with E-state index in [0.717, 1.165) is 6.42 Å². The first kappa shape index (κ1) is 7.07. The lowest BCUT2D eigenvalue weighted by Crippen LogP contribution is -2.19. The first-order chi connectivity index (χ1) is 4.43. The molecule has 0 aromatic rings. The van der Waals surface area contributed by atoms with Crippen LogP contribution in [-0.4, -0.2) is 24.5 Å². The molecule has 0 N–H and O–H groups in total. The summed E-state index contributed by atoms with van der Waals surface area (Å²) >= 11 is 0. The minimum Gasteiger partial charge on any atom is -0.343 e. The second-order valence-corrected chi connectivity index (χ2v) is 2.76. The van der Waals surface area contributed by atoms with Gasteiger partial charge in [-0.05, 0) is 32.5 Å². The fraction of sp³-hybridized carbons (Fsp3) is 0.875. The molecule has 1 aliphatic heterocycles. The fourth-order valence-electron chi connectivity index (χ4n) is 1.34. The summed E-state index contributed by atoms with van der Waals surface area (Å²) in [6.07, 6.45) is 5.20. The third kappa shape index (κ3) is 2.35. The summed E-state index contributed by atoms with van der Waals surface area (Å²) in [4.78, 5) is 2.53. The molecule has 0 aromatic carbocycles. The lowest BCUT2D eigenvalue weighted by Gasteiger charge is -2.13. The van der Waals surface area contributed by atoms with Crippen LogP contribution in [0.1, 0.15) is 25.7 Å². The van der Waals surface area contributed by atoms with Gasteiger partial charge in [-0.3, -0.25) is 0 Å². The molecular weight excluding hydrogens is 110 g/mol. The van der Waals surface area contributed by atoms with E-state index in [1.54, 1.807) is 0 Å². The summed E-state index contributed by atoms with van der Waals surface area (Å²) in [6, 6.07) is 0. The fourth-order valence-corrected chi connectivity index (χ4v) is 1.34. The molecule has 0 bridgehead atoms. The van der Waals surface area contributed by atoms with Crippen molar-refractivity contribution in [3.63, 3.8) is 0 Å². The molecule has 9 heavy (non-hydrogen) atoms. The Balaban J connectivity index is 1.98. The second-order valence-electron chi connectivity index (χ2n) is 2.76. The maximum Gasteiger partial charge on any atom is -0.00183 e. The van der Waals surface area contributed by atoms with Crippen LogP contribution in [0.25, 0.3) is 0 Å². The van der Waals surface area contributed by atoms with Gasteiger partial charge in [-0.1, -0.05) is 6.42 Å². The minimum atomic E-state index is 1.09. The zero-order valence-electron chi connectivity index (χ0n) is 6.10. The molecule has 0 radical (unpaired) electrons. The Morgan fingerprint density at radius 2 is 1.89 bits per heavy atom. The van der Waals surface area contributed by atoms with E-state index in [0.29, 0.717) is 0 Å². The predicted octanol–water partition coefficient (Wildman–Crippen LogP) is 1.70. The third-order valence-corrected chi connectivity index (χ3v) is 1.92. The monoisotopic (exact) mass is 126 g/mol. The van der Waals surface area contributed by atoms with Gasteiger partial charge in [0.05, 0.1) is 0 Å². The van der Waals surface area contributed by atoms with Gasteiger partial charge in [0, 0.05) is 0 Å². The van der Waals surface area contributed by atoms with Crippen molar-refractivity contribution in [3.05, 3.63) is 6.92 Å². The summed E-state index contributed by atoms with van der Waals surface area (Å²) in [6.45, 7) is 7.77. The standard InChI is InChI=1S/C8H16N/c1-2-3-6-9-7-4-5-8-9/h1-8H2/q-1. The van der Waals surface area contributed by atoms with Crippen LogP contribution in [0.15, 0.2) is 0 Å². The van der Waals surface area contributed by atoms with Crippen LogP contribution < -0.4 is 0 Å². The molecule has 0 aromatic heterocycles. The smallest absolute Gasteiger partial charge is 0.00183 e. The van der Waals surface area contributed by atoms with Gasteiger partial charge in [0.15, 0.2) is 0 Å². The molecule has 1 heterocycles. The zero-order chi connectivity index (χ0) is 6.53. The Kier molecular flexibility index (Phi) is 3.05. The van der Waals surface area contributed by atoms with Gasteiger partial charge in [-0.25, -0.2) is 0 Å². The normalized spacial score (nSPS) is 21.0. The van der Waals surface area contributed by atoms with Gasteiger partial charge < -0.3 is 11.8 Å². The van der Waals surface area contributed by atoms with Gasteiger partial charge in [0.2, 0.25) is 0 Å². The third-order valence-electron chi connectivity index (χ3n) is 1.92. The average Bonchev–Trinajstić information content (AvgIpc) is 2.34. The largest absolute Gasteiger partial charge is 0.343 e. The molecule has 0 unspecified atom stereocenters. The van der Waals surface area contributed by atoms with Crippen LogP contribution in [-0.2, 0) is 0 Å². The Morgan fingerprint density at radius 1 is 1.22 bits per heavy atom. The van der Waals surface area contributed by atoms with Crippen molar-refractivity contribution in [1.29, 1.82) is 0 Å². The minimum absolute atomic E-state index is 1.09. The Bertz CT molecular complexity index is 65.0. The number of rotatable bonds is 3. The number of unbranched alkanes of at least 4 members (excludes halogenated alkanes) is 1. The lowest BCUT2D eigenvalue weighted by atomic mass is 10.3. The van der Waals surface area contributed by atoms with Gasteiger partial charge in [-0.2, -0.15) is 6.42 Å². The SMILES string of the molecule is [CH2-]CCCN1CCCC1. The van der Waals surface area contributed by atoms with E-state index in [1.807, 2.05) is 0 Å². The summed E-state index contributed by atoms with van der Waals surface area (Å²) in [5.74, 6) is 0. The van der Waals surface area contributed by atoms with Crippen LogP contribution in [0.3, 0.4) is 0 Å². The molecule has 54 valence electrons. The zero-order valence-corrected chi connectivity index (χ0v) is 6.10. The molecule has 0 aliphatic carbocycles. The first-order valence-electron chi connectivity index (χ1n) is 3.95. The molecule has 0 amide bonds. The topological polar surface area (TPSA) is 3.24 Å². The highest BCUT2D eigenvalue weighted by molar-refractivity contribution is 4.65. The summed E-state index contributed by atoms with van der Waals surface area (Å²) in [5, 5.41) is 0. The van der Waals surface area contributed by atoms with Crippen LogP contribution in [0.4, 0.5) is 0 Å². The maximum atomic E-state index is 3.82.